The van der Waals surface area contributed by atoms with Gasteiger partial charge in [0.2, 0.25) is 0 Å². The largest absolute Gasteiger partial charge is 0.481 e. The van der Waals surface area contributed by atoms with Gasteiger partial charge in [0.05, 0.1) is 12.5 Å². The summed E-state index contributed by atoms with van der Waals surface area (Å²) in [5, 5.41) is 8.59. The minimum absolute atomic E-state index is 0.144. The van der Waals surface area contributed by atoms with E-state index in [-0.39, 0.29) is 19.2 Å². The lowest BCUT2D eigenvalue weighted by atomic mass is 10.0. The monoisotopic (exact) mass is 269 g/mol. The summed E-state index contributed by atoms with van der Waals surface area (Å²) in [6, 6.07) is -1.92. The van der Waals surface area contributed by atoms with Crippen LogP contribution >= 0.6 is 0 Å². The maximum atomic E-state index is 12.8. The third-order valence-electron chi connectivity index (χ3n) is 3.00. The van der Waals surface area contributed by atoms with Crippen LogP contribution in [-0.2, 0) is 9.53 Å². The molecule has 0 spiro atoms. The molecule has 2 atom stereocenters. The van der Waals surface area contributed by atoms with Crippen molar-refractivity contribution >= 4 is 5.97 Å². The van der Waals surface area contributed by atoms with Crippen LogP contribution in [0.1, 0.15) is 26.2 Å². The molecule has 0 radical (unpaired) electrons. The molecule has 0 saturated carbocycles. The lowest BCUT2D eigenvalue weighted by molar-refractivity contribution is -0.197. The van der Waals surface area contributed by atoms with Gasteiger partial charge in [0.15, 0.2) is 0 Å². The van der Waals surface area contributed by atoms with Crippen LogP contribution in [0.3, 0.4) is 0 Å². The number of alkyl halides is 3. The molecule has 0 aromatic heterocycles. The number of hydrogen-bond donors (Lipinski definition) is 1. The van der Waals surface area contributed by atoms with Crippen LogP contribution in [0.4, 0.5) is 13.2 Å². The molecule has 0 aromatic rings. The second-order valence-corrected chi connectivity index (χ2v) is 4.37. The van der Waals surface area contributed by atoms with Gasteiger partial charge in [0.1, 0.15) is 6.04 Å². The van der Waals surface area contributed by atoms with Crippen molar-refractivity contribution in [3.05, 3.63) is 0 Å². The second-order valence-electron chi connectivity index (χ2n) is 4.37. The Bertz CT molecular complexity index is 281. The van der Waals surface area contributed by atoms with Crippen LogP contribution < -0.4 is 0 Å². The van der Waals surface area contributed by atoms with E-state index in [2.05, 4.69) is 0 Å². The van der Waals surface area contributed by atoms with Crippen LogP contribution in [0.5, 0.6) is 0 Å². The molecule has 1 rings (SSSR count). The Morgan fingerprint density at radius 3 is 2.72 bits per heavy atom. The molecule has 106 valence electrons. The Hall–Kier alpha value is -0.820. The number of ether oxygens (including phenoxy) is 1. The third kappa shape index (κ3) is 4.45. The summed E-state index contributed by atoms with van der Waals surface area (Å²) in [6.07, 6.45) is -4.35. The number of carboxylic acids is 1. The van der Waals surface area contributed by atoms with Gasteiger partial charge in [-0.25, -0.2) is 0 Å². The minimum atomic E-state index is -4.52. The first-order valence-electron chi connectivity index (χ1n) is 5.98. The Morgan fingerprint density at radius 1 is 1.56 bits per heavy atom. The highest BCUT2D eigenvalue weighted by Crippen LogP contribution is 2.30. The average Bonchev–Trinajstić information content (AvgIpc) is 2.25. The maximum absolute atomic E-state index is 12.8. The van der Waals surface area contributed by atoms with E-state index in [1.54, 1.807) is 6.92 Å². The molecule has 0 aromatic carbocycles. The van der Waals surface area contributed by atoms with Crippen LogP contribution in [-0.4, -0.2) is 54.0 Å². The van der Waals surface area contributed by atoms with Gasteiger partial charge in [-0.05, 0) is 26.3 Å². The molecular formula is C11H18F3NO3. The molecule has 2 unspecified atom stereocenters. The van der Waals surface area contributed by atoms with Gasteiger partial charge in [0.25, 0.3) is 0 Å². The molecule has 0 bridgehead atoms. The van der Waals surface area contributed by atoms with E-state index in [1.165, 1.54) is 4.90 Å². The maximum Gasteiger partial charge on any atom is 0.404 e. The molecular weight excluding hydrogens is 251 g/mol. The predicted molar refractivity (Wildman–Crippen MR) is 58.3 cm³/mol. The lowest BCUT2D eigenvalue weighted by Gasteiger charge is -2.38. The van der Waals surface area contributed by atoms with E-state index in [0.29, 0.717) is 13.0 Å². The number of aliphatic carboxylic acids is 1. The molecule has 0 amide bonds. The lowest BCUT2D eigenvalue weighted by Crippen LogP contribution is -2.52. The van der Waals surface area contributed by atoms with Gasteiger partial charge in [0, 0.05) is 13.2 Å². The first kappa shape index (κ1) is 15.2. The van der Waals surface area contributed by atoms with Gasteiger partial charge in [-0.1, -0.05) is 0 Å². The van der Waals surface area contributed by atoms with Crippen LogP contribution in [0, 0.1) is 0 Å². The summed E-state index contributed by atoms with van der Waals surface area (Å²) in [7, 11) is 0. The summed E-state index contributed by atoms with van der Waals surface area (Å²) in [5.74, 6) is -1.43. The zero-order valence-electron chi connectivity index (χ0n) is 10.2. The SMILES string of the molecule is CCOC1CCCN(C(CC(=O)O)C(F)(F)F)C1. The first-order chi connectivity index (χ1) is 8.34. The van der Waals surface area contributed by atoms with Crippen LogP contribution in [0.25, 0.3) is 0 Å². The smallest absolute Gasteiger partial charge is 0.404 e. The van der Waals surface area contributed by atoms with Gasteiger partial charge in [-0.15, -0.1) is 0 Å². The highest BCUT2D eigenvalue weighted by atomic mass is 19.4. The fourth-order valence-electron chi connectivity index (χ4n) is 2.24. The summed E-state index contributed by atoms with van der Waals surface area (Å²) >= 11 is 0. The van der Waals surface area contributed by atoms with E-state index in [0.717, 1.165) is 6.42 Å². The standard InChI is InChI=1S/C11H18F3NO3/c1-2-18-8-4-3-5-15(7-8)9(6-10(16)17)11(12,13)14/h8-9H,2-7H2,1H3,(H,16,17). The van der Waals surface area contributed by atoms with Crippen molar-refractivity contribution in [2.45, 2.75) is 44.5 Å². The average molecular weight is 269 g/mol. The Kier molecular flexibility index (Phi) is 5.40. The molecule has 0 aliphatic carbocycles. The Morgan fingerprint density at radius 2 is 2.22 bits per heavy atom. The molecule has 7 heteroatoms. The Labute approximate surface area is 104 Å². The van der Waals surface area contributed by atoms with Crippen molar-refractivity contribution in [2.75, 3.05) is 19.7 Å². The van der Waals surface area contributed by atoms with E-state index < -0.39 is 24.6 Å². The topological polar surface area (TPSA) is 49.8 Å². The van der Waals surface area contributed by atoms with E-state index in [4.69, 9.17) is 9.84 Å². The quantitative estimate of drug-likeness (QED) is 0.828. The number of piperidine rings is 1. The molecule has 1 saturated heterocycles. The second kappa shape index (κ2) is 6.38. The molecule has 1 aliphatic rings. The first-order valence-corrected chi connectivity index (χ1v) is 5.98. The van der Waals surface area contributed by atoms with Gasteiger partial charge >= 0.3 is 12.1 Å². The van der Waals surface area contributed by atoms with E-state index >= 15 is 0 Å². The summed E-state index contributed by atoms with van der Waals surface area (Å²) in [5.41, 5.74) is 0. The third-order valence-corrected chi connectivity index (χ3v) is 3.00. The number of likely N-dealkylation sites (tertiary alicyclic amines) is 1. The summed E-state index contributed by atoms with van der Waals surface area (Å²) in [4.78, 5) is 11.7. The molecule has 1 fully saturated rings. The Balaban J connectivity index is 2.69. The van der Waals surface area contributed by atoms with E-state index in [9.17, 15) is 18.0 Å². The zero-order valence-corrected chi connectivity index (χ0v) is 10.2. The predicted octanol–water partition coefficient (Wildman–Crippen LogP) is 1.89. The van der Waals surface area contributed by atoms with Crippen molar-refractivity contribution in [3.63, 3.8) is 0 Å². The van der Waals surface area contributed by atoms with Gasteiger partial charge < -0.3 is 9.84 Å². The summed E-state index contributed by atoms with van der Waals surface area (Å²) < 4.78 is 43.8. The summed E-state index contributed by atoms with van der Waals surface area (Å²) in [6.45, 7) is 2.65. The van der Waals surface area contributed by atoms with Crippen molar-refractivity contribution in [2.24, 2.45) is 0 Å². The number of nitrogens with zero attached hydrogens (tertiary/aromatic N) is 1. The highest BCUT2D eigenvalue weighted by molar-refractivity contribution is 5.67. The number of carbonyl (C=O) groups is 1. The normalized spacial score (nSPS) is 23.9. The minimum Gasteiger partial charge on any atom is -0.481 e. The fourth-order valence-corrected chi connectivity index (χ4v) is 2.24. The highest BCUT2D eigenvalue weighted by Gasteiger charge is 2.45. The molecule has 1 heterocycles. The van der Waals surface area contributed by atoms with E-state index in [1.807, 2.05) is 0 Å². The number of halogens is 3. The zero-order chi connectivity index (χ0) is 13.8. The molecule has 1 N–H and O–H groups in total. The van der Waals surface area contributed by atoms with Crippen molar-refractivity contribution in [1.82, 2.24) is 4.90 Å². The van der Waals surface area contributed by atoms with Gasteiger partial charge in [-0.2, -0.15) is 13.2 Å². The van der Waals surface area contributed by atoms with Crippen LogP contribution in [0.2, 0.25) is 0 Å². The molecule has 18 heavy (non-hydrogen) atoms. The van der Waals surface area contributed by atoms with Crippen molar-refractivity contribution in [3.8, 4) is 0 Å². The van der Waals surface area contributed by atoms with Crippen LogP contribution in [0.15, 0.2) is 0 Å². The number of carboxylic acid groups (broad SMARTS) is 1. The molecule has 1 aliphatic heterocycles. The van der Waals surface area contributed by atoms with Crippen molar-refractivity contribution in [1.29, 1.82) is 0 Å². The number of rotatable bonds is 5. The van der Waals surface area contributed by atoms with Crippen molar-refractivity contribution < 1.29 is 27.8 Å². The number of hydrogen-bond acceptors (Lipinski definition) is 3. The fraction of sp³-hybridized carbons (Fsp3) is 0.909. The molecule has 4 nitrogen and oxygen atoms in total. The van der Waals surface area contributed by atoms with Gasteiger partial charge in [-0.3, -0.25) is 9.69 Å².